The standard InChI is InChI=1S/C23H21ClN6O3/c24-17-4-2-1-3-15(17)14-25-20-7-8-21-27-28-22(30(21)29-20)9-10-23(31)26-16-5-6-18-19(13-16)33-12-11-32-18/h1-8,13H,9-12,14H2,(H,25,29)(H,26,31). The van der Waals surface area contributed by atoms with Gasteiger partial charge in [0, 0.05) is 36.2 Å². The molecule has 0 fully saturated rings. The first kappa shape index (κ1) is 21.0. The Bertz CT molecular complexity index is 1310. The summed E-state index contributed by atoms with van der Waals surface area (Å²) in [5, 5.41) is 19.7. The van der Waals surface area contributed by atoms with E-state index >= 15 is 0 Å². The summed E-state index contributed by atoms with van der Waals surface area (Å²) in [4.78, 5) is 12.5. The third-order valence-corrected chi connectivity index (χ3v) is 5.52. The van der Waals surface area contributed by atoms with Gasteiger partial charge < -0.3 is 20.1 Å². The number of nitrogens with one attached hydrogen (secondary N) is 2. The summed E-state index contributed by atoms with van der Waals surface area (Å²) < 4.78 is 12.7. The minimum atomic E-state index is -0.142. The zero-order valence-electron chi connectivity index (χ0n) is 17.6. The van der Waals surface area contributed by atoms with E-state index in [0.717, 1.165) is 5.56 Å². The van der Waals surface area contributed by atoms with Gasteiger partial charge in [0.25, 0.3) is 0 Å². The molecule has 0 saturated heterocycles. The van der Waals surface area contributed by atoms with Crippen LogP contribution in [0.4, 0.5) is 11.5 Å². The molecule has 10 heteroatoms. The Kier molecular flexibility index (Phi) is 5.95. The average Bonchev–Trinajstić information content (AvgIpc) is 3.24. The Morgan fingerprint density at radius 2 is 1.88 bits per heavy atom. The van der Waals surface area contributed by atoms with Crippen LogP contribution < -0.4 is 20.1 Å². The average molecular weight is 465 g/mol. The Morgan fingerprint density at radius 3 is 2.76 bits per heavy atom. The van der Waals surface area contributed by atoms with Crippen LogP contribution in [-0.4, -0.2) is 38.9 Å². The fourth-order valence-electron chi connectivity index (χ4n) is 3.48. The molecule has 0 bridgehead atoms. The highest BCUT2D eigenvalue weighted by Crippen LogP contribution is 2.32. The van der Waals surface area contributed by atoms with E-state index in [1.165, 1.54) is 0 Å². The van der Waals surface area contributed by atoms with Crippen LogP contribution in [0.1, 0.15) is 17.8 Å². The second-order valence-electron chi connectivity index (χ2n) is 7.46. The molecule has 2 aromatic carbocycles. The molecule has 0 aliphatic carbocycles. The first-order valence-corrected chi connectivity index (χ1v) is 10.9. The number of amides is 1. The van der Waals surface area contributed by atoms with Gasteiger partial charge in [0.05, 0.1) is 0 Å². The van der Waals surface area contributed by atoms with Crippen molar-refractivity contribution in [1.82, 2.24) is 19.8 Å². The number of halogens is 1. The molecule has 1 aliphatic heterocycles. The van der Waals surface area contributed by atoms with E-state index in [0.29, 0.717) is 65.7 Å². The number of carbonyl (C=O) groups excluding carboxylic acids is 1. The van der Waals surface area contributed by atoms with Crippen molar-refractivity contribution in [3.05, 3.63) is 71.0 Å². The summed E-state index contributed by atoms with van der Waals surface area (Å²) in [5.74, 6) is 2.42. The largest absolute Gasteiger partial charge is 0.486 e. The molecule has 0 radical (unpaired) electrons. The van der Waals surface area contributed by atoms with Gasteiger partial charge in [0.1, 0.15) is 19.0 Å². The molecule has 2 N–H and O–H groups in total. The lowest BCUT2D eigenvalue weighted by molar-refractivity contribution is -0.116. The minimum absolute atomic E-state index is 0.142. The van der Waals surface area contributed by atoms with Gasteiger partial charge in [0.2, 0.25) is 5.91 Å². The zero-order chi connectivity index (χ0) is 22.6. The number of ether oxygens (including phenoxy) is 2. The molecule has 1 amide bonds. The normalized spacial score (nSPS) is 12.5. The highest BCUT2D eigenvalue weighted by atomic mass is 35.5. The van der Waals surface area contributed by atoms with E-state index in [1.807, 2.05) is 36.4 Å². The second-order valence-corrected chi connectivity index (χ2v) is 7.86. The van der Waals surface area contributed by atoms with Gasteiger partial charge in [-0.2, -0.15) is 4.52 Å². The third-order valence-electron chi connectivity index (χ3n) is 5.15. The van der Waals surface area contributed by atoms with Crippen LogP contribution in [0, 0.1) is 0 Å². The molecule has 1 aliphatic rings. The predicted octanol–water partition coefficient (Wildman–Crippen LogP) is 3.73. The lowest BCUT2D eigenvalue weighted by Gasteiger charge is -2.19. The molecular weight excluding hydrogens is 444 g/mol. The van der Waals surface area contributed by atoms with Crippen molar-refractivity contribution in [1.29, 1.82) is 0 Å². The minimum Gasteiger partial charge on any atom is -0.486 e. The quantitative estimate of drug-likeness (QED) is 0.429. The van der Waals surface area contributed by atoms with E-state index in [-0.39, 0.29) is 12.3 Å². The van der Waals surface area contributed by atoms with Crippen LogP contribution >= 0.6 is 11.6 Å². The van der Waals surface area contributed by atoms with E-state index in [9.17, 15) is 4.79 Å². The Labute approximate surface area is 194 Å². The Balaban J connectivity index is 1.22. The van der Waals surface area contributed by atoms with E-state index in [2.05, 4.69) is 25.9 Å². The van der Waals surface area contributed by atoms with E-state index in [1.54, 1.807) is 22.7 Å². The van der Waals surface area contributed by atoms with Crippen molar-refractivity contribution in [3.8, 4) is 11.5 Å². The molecule has 0 saturated carbocycles. The SMILES string of the molecule is O=C(CCc1nnc2ccc(NCc3ccccc3Cl)nn12)Nc1ccc2c(c1)OCCO2. The summed E-state index contributed by atoms with van der Waals surface area (Å²) >= 11 is 6.22. The smallest absolute Gasteiger partial charge is 0.224 e. The number of nitrogens with zero attached hydrogens (tertiary/aromatic N) is 4. The molecular formula is C23H21ClN6O3. The van der Waals surface area contributed by atoms with E-state index in [4.69, 9.17) is 21.1 Å². The number of hydrogen-bond acceptors (Lipinski definition) is 7. The Hall–Kier alpha value is -3.85. The van der Waals surface area contributed by atoms with Gasteiger partial charge >= 0.3 is 0 Å². The first-order chi connectivity index (χ1) is 16.2. The molecule has 3 heterocycles. The number of aryl methyl sites for hydroxylation is 1. The summed E-state index contributed by atoms with van der Waals surface area (Å²) in [7, 11) is 0. The first-order valence-electron chi connectivity index (χ1n) is 10.5. The van der Waals surface area contributed by atoms with Gasteiger partial charge in [0.15, 0.2) is 23.0 Å². The molecule has 9 nitrogen and oxygen atoms in total. The van der Waals surface area contributed by atoms with Crippen LogP contribution in [0.5, 0.6) is 11.5 Å². The molecule has 4 aromatic rings. The van der Waals surface area contributed by atoms with Crippen molar-refractivity contribution in [2.24, 2.45) is 0 Å². The molecule has 168 valence electrons. The number of aromatic nitrogens is 4. The van der Waals surface area contributed by atoms with Crippen LogP contribution in [0.2, 0.25) is 5.02 Å². The molecule has 0 atom stereocenters. The van der Waals surface area contributed by atoms with Crippen molar-refractivity contribution in [2.45, 2.75) is 19.4 Å². The van der Waals surface area contributed by atoms with Crippen LogP contribution in [0.25, 0.3) is 5.65 Å². The van der Waals surface area contributed by atoms with Gasteiger partial charge in [-0.3, -0.25) is 4.79 Å². The predicted molar refractivity (Wildman–Crippen MR) is 124 cm³/mol. The highest BCUT2D eigenvalue weighted by Gasteiger charge is 2.14. The lowest BCUT2D eigenvalue weighted by Crippen LogP contribution is -2.17. The number of benzene rings is 2. The van der Waals surface area contributed by atoms with Crippen molar-refractivity contribution in [2.75, 3.05) is 23.8 Å². The fourth-order valence-corrected chi connectivity index (χ4v) is 3.68. The maximum Gasteiger partial charge on any atom is 0.224 e. The number of rotatable bonds is 7. The van der Waals surface area contributed by atoms with Crippen LogP contribution in [0.3, 0.4) is 0 Å². The molecule has 2 aromatic heterocycles. The highest BCUT2D eigenvalue weighted by molar-refractivity contribution is 6.31. The maximum atomic E-state index is 12.5. The number of anilines is 2. The van der Waals surface area contributed by atoms with Gasteiger partial charge in [-0.1, -0.05) is 29.8 Å². The maximum absolute atomic E-state index is 12.5. The third kappa shape index (κ3) is 4.83. The van der Waals surface area contributed by atoms with Crippen LogP contribution in [-0.2, 0) is 17.8 Å². The Morgan fingerprint density at radius 1 is 1.03 bits per heavy atom. The van der Waals surface area contributed by atoms with E-state index < -0.39 is 0 Å². The van der Waals surface area contributed by atoms with Crippen LogP contribution in [0.15, 0.2) is 54.6 Å². The second kappa shape index (κ2) is 9.33. The van der Waals surface area contributed by atoms with Gasteiger partial charge in [-0.05, 0) is 35.9 Å². The zero-order valence-corrected chi connectivity index (χ0v) is 18.4. The fraction of sp³-hybridized carbons (Fsp3) is 0.217. The van der Waals surface area contributed by atoms with Crippen molar-refractivity contribution >= 4 is 34.7 Å². The molecule has 0 spiro atoms. The molecule has 0 unspecified atom stereocenters. The monoisotopic (exact) mass is 464 g/mol. The topological polar surface area (TPSA) is 103 Å². The van der Waals surface area contributed by atoms with Crippen molar-refractivity contribution < 1.29 is 14.3 Å². The van der Waals surface area contributed by atoms with Crippen molar-refractivity contribution in [3.63, 3.8) is 0 Å². The number of fused-ring (bicyclic) bond motifs is 2. The summed E-state index contributed by atoms with van der Waals surface area (Å²) in [6.45, 7) is 1.55. The lowest BCUT2D eigenvalue weighted by atomic mass is 10.2. The van der Waals surface area contributed by atoms with Gasteiger partial charge in [-0.25, -0.2) is 0 Å². The van der Waals surface area contributed by atoms with Gasteiger partial charge in [-0.15, -0.1) is 15.3 Å². The summed E-state index contributed by atoms with van der Waals surface area (Å²) in [5.41, 5.74) is 2.24. The molecule has 33 heavy (non-hydrogen) atoms. The summed E-state index contributed by atoms with van der Waals surface area (Å²) in [6.07, 6.45) is 0.618. The number of carbonyl (C=O) groups is 1. The molecule has 5 rings (SSSR count). The number of hydrogen-bond donors (Lipinski definition) is 2. The summed E-state index contributed by atoms with van der Waals surface area (Å²) in [6, 6.07) is 16.6.